The van der Waals surface area contributed by atoms with E-state index in [1.54, 1.807) is 12.1 Å². The largest absolute Gasteiger partial charge is 0.508 e. The lowest BCUT2D eigenvalue weighted by molar-refractivity contribution is 0.372. The fourth-order valence-electron chi connectivity index (χ4n) is 2.84. The minimum Gasteiger partial charge on any atom is -0.508 e. The van der Waals surface area contributed by atoms with Crippen LogP contribution >= 0.6 is 0 Å². The molecule has 1 aromatic carbocycles. The molecule has 2 rings (SSSR count). The van der Waals surface area contributed by atoms with Crippen molar-refractivity contribution in [3.8, 4) is 5.75 Å². The van der Waals surface area contributed by atoms with Crippen LogP contribution in [0, 0.1) is 0 Å². The second-order valence-corrected chi connectivity index (χ2v) is 6.27. The zero-order chi connectivity index (χ0) is 18.8. The lowest BCUT2D eigenvalue weighted by Gasteiger charge is -2.11. The lowest BCUT2D eigenvalue weighted by Crippen LogP contribution is -2.38. The van der Waals surface area contributed by atoms with E-state index in [0.717, 1.165) is 55.3 Å². The van der Waals surface area contributed by atoms with E-state index in [0.29, 0.717) is 18.2 Å². The first kappa shape index (κ1) is 19.8. The van der Waals surface area contributed by atoms with E-state index >= 15 is 0 Å². The molecule has 0 saturated heterocycles. The van der Waals surface area contributed by atoms with Crippen LogP contribution in [0.3, 0.4) is 0 Å². The number of phenolic OH excluding ortho intramolecular Hbond substituents is 1. The van der Waals surface area contributed by atoms with Gasteiger partial charge in [0.1, 0.15) is 12.3 Å². The minimum atomic E-state index is 0.293. The smallest absolute Gasteiger partial charge is 0.191 e. The fraction of sp³-hybridized carbons (Fsp3) is 0.500. The van der Waals surface area contributed by atoms with E-state index < -0.39 is 0 Å². The molecule has 0 amide bonds. The van der Waals surface area contributed by atoms with E-state index in [9.17, 15) is 5.11 Å². The maximum atomic E-state index is 9.52. The van der Waals surface area contributed by atoms with E-state index in [4.69, 9.17) is 4.52 Å². The van der Waals surface area contributed by atoms with Crippen molar-refractivity contribution in [1.29, 1.82) is 0 Å². The number of nitrogens with zero attached hydrogens (tertiary/aromatic N) is 2. The highest BCUT2D eigenvalue weighted by Crippen LogP contribution is 2.22. The summed E-state index contributed by atoms with van der Waals surface area (Å²) in [6.07, 6.45) is 2.93. The maximum absolute atomic E-state index is 9.52. The van der Waals surface area contributed by atoms with Crippen LogP contribution in [-0.2, 0) is 13.0 Å². The van der Waals surface area contributed by atoms with Gasteiger partial charge < -0.3 is 20.3 Å². The van der Waals surface area contributed by atoms with Crippen molar-refractivity contribution >= 4 is 5.96 Å². The monoisotopic (exact) mass is 358 g/mol. The van der Waals surface area contributed by atoms with Crippen molar-refractivity contribution in [2.24, 2.45) is 4.99 Å². The molecule has 1 heterocycles. The number of aromatic nitrogens is 1. The Balaban J connectivity index is 1.89. The normalized spacial score (nSPS) is 11.8. The van der Waals surface area contributed by atoms with Gasteiger partial charge in [0.2, 0.25) is 0 Å². The van der Waals surface area contributed by atoms with Crippen LogP contribution in [0.2, 0.25) is 0 Å². The first-order valence-electron chi connectivity index (χ1n) is 9.41. The summed E-state index contributed by atoms with van der Waals surface area (Å²) in [4.78, 5) is 4.57. The summed E-state index contributed by atoms with van der Waals surface area (Å²) in [5, 5.41) is 20.2. The zero-order valence-corrected chi connectivity index (χ0v) is 16.0. The quantitative estimate of drug-likeness (QED) is 0.471. The highest BCUT2D eigenvalue weighted by molar-refractivity contribution is 5.79. The van der Waals surface area contributed by atoms with Crippen LogP contribution in [0.15, 0.2) is 39.8 Å². The second-order valence-electron chi connectivity index (χ2n) is 6.27. The van der Waals surface area contributed by atoms with E-state index in [-0.39, 0.29) is 0 Å². The van der Waals surface area contributed by atoms with Gasteiger partial charge in [-0.1, -0.05) is 31.1 Å². The first-order chi connectivity index (χ1) is 12.7. The Bertz CT molecular complexity index is 693. The standard InChI is InChI=1S/C20H30N4O2/c1-4-16(5-2)19-13-18(26-24-19)14-23-20(21-6-3)22-11-10-15-8-7-9-17(25)12-15/h7-9,12-13,16,25H,4-6,10-11,14H2,1-3H3,(H2,21,22,23). The number of phenols is 1. The van der Waals surface area contributed by atoms with Crippen molar-refractivity contribution in [3.05, 3.63) is 47.3 Å². The zero-order valence-electron chi connectivity index (χ0n) is 16.0. The molecule has 2 aromatic rings. The third-order valence-electron chi connectivity index (χ3n) is 4.33. The molecule has 0 unspecified atom stereocenters. The number of aliphatic imine (C=N–C) groups is 1. The molecular weight excluding hydrogens is 328 g/mol. The topological polar surface area (TPSA) is 82.7 Å². The number of nitrogens with one attached hydrogen (secondary N) is 2. The summed E-state index contributed by atoms with van der Waals surface area (Å²) in [5.41, 5.74) is 2.10. The van der Waals surface area contributed by atoms with Gasteiger partial charge in [-0.3, -0.25) is 0 Å². The number of hydrogen-bond donors (Lipinski definition) is 3. The summed E-state index contributed by atoms with van der Waals surface area (Å²) in [5.74, 6) is 2.26. The third-order valence-corrected chi connectivity index (χ3v) is 4.33. The van der Waals surface area contributed by atoms with Gasteiger partial charge in [0.25, 0.3) is 0 Å². The van der Waals surface area contributed by atoms with Gasteiger partial charge in [0.15, 0.2) is 11.7 Å². The minimum absolute atomic E-state index is 0.293. The molecule has 0 aliphatic heterocycles. The summed E-state index contributed by atoms with van der Waals surface area (Å²) < 4.78 is 5.42. The Hall–Kier alpha value is -2.50. The average molecular weight is 358 g/mol. The number of benzene rings is 1. The SMILES string of the molecule is CCNC(=NCc1cc(C(CC)CC)no1)NCCc1cccc(O)c1. The molecule has 6 heteroatoms. The van der Waals surface area contributed by atoms with Gasteiger partial charge in [-0.2, -0.15) is 0 Å². The van der Waals surface area contributed by atoms with Gasteiger partial charge in [-0.15, -0.1) is 0 Å². The highest BCUT2D eigenvalue weighted by atomic mass is 16.5. The Morgan fingerprint density at radius 3 is 2.69 bits per heavy atom. The van der Waals surface area contributed by atoms with E-state index in [1.807, 2.05) is 25.1 Å². The molecule has 0 spiro atoms. The van der Waals surface area contributed by atoms with Crippen molar-refractivity contribution in [2.75, 3.05) is 13.1 Å². The molecule has 0 fully saturated rings. The summed E-state index contributed by atoms with van der Waals surface area (Å²) >= 11 is 0. The average Bonchev–Trinajstić information content (AvgIpc) is 3.09. The van der Waals surface area contributed by atoms with E-state index in [1.165, 1.54) is 0 Å². The number of aromatic hydroxyl groups is 1. The van der Waals surface area contributed by atoms with Crippen LogP contribution in [0.5, 0.6) is 5.75 Å². The molecular formula is C20H30N4O2. The molecule has 0 radical (unpaired) electrons. The summed E-state index contributed by atoms with van der Waals surface area (Å²) in [7, 11) is 0. The van der Waals surface area contributed by atoms with Crippen LogP contribution < -0.4 is 10.6 Å². The van der Waals surface area contributed by atoms with Crippen LogP contribution in [0.25, 0.3) is 0 Å². The third kappa shape index (κ3) is 6.10. The Kier molecular flexibility index (Phi) is 7.99. The van der Waals surface area contributed by atoms with Crippen molar-refractivity contribution in [2.45, 2.75) is 52.5 Å². The van der Waals surface area contributed by atoms with Crippen LogP contribution in [-0.4, -0.2) is 29.3 Å². The summed E-state index contributed by atoms with van der Waals surface area (Å²) in [6.45, 7) is 8.33. The molecule has 6 nitrogen and oxygen atoms in total. The Morgan fingerprint density at radius 1 is 1.19 bits per heavy atom. The van der Waals surface area contributed by atoms with Gasteiger partial charge in [0, 0.05) is 25.1 Å². The van der Waals surface area contributed by atoms with Crippen molar-refractivity contribution in [1.82, 2.24) is 15.8 Å². The maximum Gasteiger partial charge on any atom is 0.191 e. The first-order valence-corrected chi connectivity index (χ1v) is 9.41. The molecule has 3 N–H and O–H groups in total. The Morgan fingerprint density at radius 2 is 2.00 bits per heavy atom. The molecule has 142 valence electrons. The van der Waals surface area contributed by atoms with Crippen LogP contribution in [0.4, 0.5) is 0 Å². The van der Waals surface area contributed by atoms with Crippen molar-refractivity contribution in [3.63, 3.8) is 0 Å². The van der Waals surface area contributed by atoms with Gasteiger partial charge in [-0.05, 0) is 43.9 Å². The van der Waals surface area contributed by atoms with Crippen molar-refractivity contribution < 1.29 is 9.63 Å². The molecule has 0 atom stereocenters. The lowest BCUT2D eigenvalue weighted by atomic mass is 9.99. The molecule has 1 aromatic heterocycles. The molecule has 26 heavy (non-hydrogen) atoms. The number of guanidine groups is 1. The van der Waals surface area contributed by atoms with Gasteiger partial charge >= 0.3 is 0 Å². The molecule has 0 bridgehead atoms. The van der Waals surface area contributed by atoms with Gasteiger partial charge in [-0.25, -0.2) is 4.99 Å². The predicted octanol–water partition coefficient (Wildman–Crippen LogP) is 3.58. The molecule has 0 aliphatic carbocycles. The second kappa shape index (κ2) is 10.5. The predicted molar refractivity (Wildman–Crippen MR) is 104 cm³/mol. The Labute approximate surface area is 155 Å². The summed E-state index contributed by atoms with van der Waals surface area (Å²) in [6, 6.07) is 9.32. The van der Waals surface area contributed by atoms with Crippen LogP contribution in [0.1, 0.15) is 56.5 Å². The molecule has 0 saturated carbocycles. The van der Waals surface area contributed by atoms with E-state index in [2.05, 4.69) is 34.6 Å². The molecule has 0 aliphatic rings. The fourth-order valence-corrected chi connectivity index (χ4v) is 2.84. The van der Waals surface area contributed by atoms with Gasteiger partial charge in [0.05, 0.1) is 5.69 Å². The number of hydrogen-bond acceptors (Lipinski definition) is 4. The number of rotatable bonds is 9. The highest BCUT2D eigenvalue weighted by Gasteiger charge is 2.12.